The number of amides is 1. The second-order valence-corrected chi connectivity index (χ2v) is 3.13. The van der Waals surface area contributed by atoms with Gasteiger partial charge in [-0.2, -0.15) is 0 Å². The number of hydrogen-bond acceptors (Lipinski definition) is 2. The Hall–Kier alpha value is -1.49. The summed E-state index contributed by atoms with van der Waals surface area (Å²) in [7, 11) is 0. The van der Waals surface area contributed by atoms with Gasteiger partial charge in [0.1, 0.15) is 6.61 Å². The molecule has 3 nitrogen and oxygen atoms in total. The molecule has 0 radical (unpaired) electrons. The van der Waals surface area contributed by atoms with Crippen molar-refractivity contribution in [1.82, 2.24) is 0 Å². The summed E-state index contributed by atoms with van der Waals surface area (Å²) in [4.78, 5) is 11.3. The number of anilines is 1. The van der Waals surface area contributed by atoms with Crippen molar-refractivity contribution >= 4 is 11.6 Å². The van der Waals surface area contributed by atoms with Gasteiger partial charge in [0, 0.05) is 5.69 Å². The van der Waals surface area contributed by atoms with E-state index in [0.29, 0.717) is 5.69 Å². The van der Waals surface area contributed by atoms with E-state index in [2.05, 4.69) is 10.1 Å². The summed E-state index contributed by atoms with van der Waals surface area (Å²) in [6, 6.07) is 8.92. The van der Waals surface area contributed by atoms with Gasteiger partial charge < -0.3 is 10.1 Å². The average Bonchev–Trinajstić information content (AvgIpc) is 2.25. The van der Waals surface area contributed by atoms with Crippen molar-refractivity contribution < 1.29 is 18.3 Å². The number of benzene rings is 1. The minimum atomic E-state index is -2.49. The van der Waals surface area contributed by atoms with Gasteiger partial charge in [-0.1, -0.05) is 18.2 Å². The molecule has 0 aliphatic heterocycles. The van der Waals surface area contributed by atoms with Crippen LogP contribution in [0.1, 0.15) is 6.42 Å². The minimum absolute atomic E-state index is 0.00298. The van der Waals surface area contributed by atoms with Crippen molar-refractivity contribution in [2.75, 3.05) is 18.5 Å². The normalized spacial score (nSPS) is 10.4. The van der Waals surface area contributed by atoms with E-state index in [0.717, 1.165) is 0 Å². The molecule has 0 aliphatic carbocycles. The second kappa shape index (κ2) is 6.90. The molecule has 0 saturated carbocycles. The summed E-state index contributed by atoms with van der Waals surface area (Å²) in [5.74, 6) is -0.250. The maximum absolute atomic E-state index is 11.7. The molecule has 0 atom stereocenters. The van der Waals surface area contributed by atoms with E-state index in [1.54, 1.807) is 24.3 Å². The van der Waals surface area contributed by atoms with Gasteiger partial charge in [0.05, 0.1) is 13.0 Å². The van der Waals surface area contributed by atoms with Gasteiger partial charge in [0.15, 0.2) is 0 Å². The predicted octanol–water partition coefficient (Wildman–Crippen LogP) is 2.30. The van der Waals surface area contributed by atoms with E-state index in [-0.39, 0.29) is 18.9 Å². The van der Waals surface area contributed by atoms with E-state index in [1.165, 1.54) is 0 Å². The lowest BCUT2D eigenvalue weighted by Crippen LogP contribution is -2.15. The van der Waals surface area contributed by atoms with Crippen LogP contribution in [0.5, 0.6) is 0 Å². The van der Waals surface area contributed by atoms with Gasteiger partial charge in [-0.05, 0) is 12.1 Å². The molecule has 0 heterocycles. The van der Waals surface area contributed by atoms with Crippen molar-refractivity contribution in [2.45, 2.75) is 12.8 Å². The van der Waals surface area contributed by atoms with Crippen LogP contribution in [0, 0.1) is 0 Å². The number of carbonyl (C=O) groups is 1. The molecule has 0 aliphatic rings. The molecular formula is C11H13F2NO2. The highest BCUT2D eigenvalue weighted by Crippen LogP contribution is 2.05. The second-order valence-electron chi connectivity index (χ2n) is 3.13. The molecule has 88 valence electrons. The van der Waals surface area contributed by atoms with Crippen LogP contribution in [0.25, 0.3) is 0 Å². The number of para-hydroxylation sites is 1. The Bertz CT molecular complexity index is 317. The van der Waals surface area contributed by atoms with E-state index in [9.17, 15) is 13.6 Å². The minimum Gasteiger partial charge on any atom is -0.375 e. The zero-order valence-corrected chi connectivity index (χ0v) is 8.66. The van der Waals surface area contributed by atoms with Crippen LogP contribution in [0.3, 0.4) is 0 Å². The molecule has 0 unspecified atom stereocenters. The fourth-order valence-electron chi connectivity index (χ4n) is 1.08. The van der Waals surface area contributed by atoms with E-state index >= 15 is 0 Å². The van der Waals surface area contributed by atoms with Crippen LogP contribution in [0.4, 0.5) is 14.5 Å². The molecule has 0 aromatic heterocycles. The first-order valence-electron chi connectivity index (χ1n) is 4.89. The molecule has 0 saturated heterocycles. The Labute approximate surface area is 92.4 Å². The van der Waals surface area contributed by atoms with Gasteiger partial charge in [0.25, 0.3) is 6.43 Å². The largest absolute Gasteiger partial charge is 0.375 e. The third-order valence-corrected chi connectivity index (χ3v) is 1.77. The van der Waals surface area contributed by atoms with Crippen molar-refractivity contribution in [3.63, 3.8) is 0 Å². The molecule has 1 aromatic rings. The molecular weight excluding hydrogens is 216 g/mol. The number of rotatable bonds is 6. The first-order chi connectivity index (χ1) is 7.68. The number of alkyl halides is 2. The van der Waals surface area contributed by atoms with Gasteiger partial charge in [0.2, 0.25) is 5.91 Å². The zero-order valence-electron chi connectivity index (χ0n) is 8.66. The smallest absolute Gasteiger partial charge is 0.261 e. The quantitative estimate of drug-likeness (QED) is 0.760. The van der Waals surface area contributed by atoms with E-state index in [4.69, 9.17) is 0 Å². The third-order valence-electron chi connectivity index (χ3n) is 1.77. The van der Waals surface area contributed by atoms with Crippen molar-refractivity contribution in [3.8, 4) is 0 Å². The van der Waals surface area contributed by atoms with Crippen LogP contribution in [0.15, 0.2) is 30.3 Å². The summed E-state index contributed by atoms with van der Waals surface area (Å²) in [6.07, 6.45) is -2.42. The number of ether oxygens (including phenoxy) is 1. The average molecular weight is 229 g/mol. The van der Waals surface area contributed by atoms with Gasteiger partial charge >= 0.3 is 0 Å². The summed E-state index contributed by atoms with van der Waals surface area (Å²) < 4.78 is 28.0. The standard InChI is InChI=1S/C11H13F2NO2/c12-10(13)8-16-7-6-11(15)14-9-4-2-1-3-5-9/h1-5,10H,6-8H2,(H,14,15). The summed E-state index contributed by atoms with van der Waals surface area (Å²) >= 11 is 0. The summed E-state index contributed by atoms with van der Waals surface area (Å²) in [5.41, 5.74) is 0.682. The van der Waals surface area contributed by atoms with Crippen LogP contribution in [0.2, 0.25) is 0 Å². The first kappa shape index (κ1) is 12.6. The van der Waals surface area contributed by atoms with E-state index < -0.39 is 13.0 Å². The Morgan fingerprint density at radius 1 is 1.31 bits per heavy atom. The highest BCUT2D eigenvalue weighted by atomic mass is 19.3. The molecule has 16 heavy (non-hydrogen) atoms. The Kier molecular flexibility index (Phi) is 5.42. The lowest BCUT2D eigenvalue weighted by molar-refractivity contribution is -0.117. The lowest BCUT2D eigenvalue weighted by Gasteiger charge is -2.05. The van der Waals surface area contributed by atoms with E-state index in [1.807, 2.05) is 6.07 Å². The maximum atomic E-state index is 11.7. The van der Waals surface area contributed by atoms with Crippen LogP contribution in [-0.2, 0) is 9.53 Å². The topological polar surface area (TPSA) is 38.3 Å². The van der Waals surface area contributed by atoms with Crippen molar-refractivity contribution in [3.05, 3.63) is 30.3 Å². The van der Waals surface area contributed by atoms with Crippen molar-refractivity contribution in [1.29, 1.82) is 0 Å². The van der Waals surface area contributed by atoms with Crippen LogP contribution in [-0.4, -0.2) is 25.5 Å². The third kappa shape index (κ3) is 5.41. The van der Waals surface area contributed by atoms with Gasteiger partial charge in [-0.3, -0.25) is 4.79 Å². The monoisotopic (exact) mass is 229 g/mol. The molecule has 1 N–H and O–H groups in total. The Balaban J connectivity index is 2.17. The Morgan fingerprint density at radius 3 is 2.62 bits per heavy atom. The lowest BCUT2D eigenvalue weighted by atomic mass is 10.3. The fraction of sp³-hybridized carbons (Fsp3) is 0.364. The van der Waals surface area contributed by atoms with Crippen LogP contribution >= 0.6 is 0 Å². The highest BCUT2D eigenvalue weighted by molar-refractivity contribution is 5.90. The summed E-state index contributed by atoms with van der Waals surface area (Å²) in [6.45, 7) is -0.623. The Morgan fingerprint density at radius 2 is 2.00 bits per heavy atom. The number of carbonyl (C=O) groups excluding carboxylic acids is 1. The van der Waals surface area contributed by atoms with Crippen LogP contribution < -0.4 is 5.32 Å². The molecule has 5 heteroatoms. The van der Waals surface area contributed by atoms with Crippen molar-refractivity contribution in [2.24, 2.45) is 0 Å². The first-order valence-corrected chi connectivity index (χ1v) is 4.89. The zero-order chi connectivity index (χ0) is 11.8. The SMILES string of the molecule is O=C(CCOCC(F)F)Nc1ccccc1. The highest BCUT2D eigenvalue weighted by Gasteiger charge is 2.04. The summed E-state index contributed by atoms with van der Waals surface area (Å²) in [5, 5.41) is 2.62. The number of nitrogens with one attached hydrogen (secondary N) is 1. The molecule has 0 fully saturated rings. The van der Waals surface area contributed by atoms with Gasteiger partial charge in [-0.25, -0.2) is 8.78 Å². The predicted molar refractivity (Wildman–Crippen MR) is 56.5 cm³/mol. The molecule has 1 rings (SSSR count). The van der Waals surface area contributed by atoms with Gasteiger partial charge in [-0.15, -0.1) is 0 Å². The molecule has 1 amide bonds. The maximum Gasteiger partial charge on any atom is 0.261 e. The number of hydrogen-bond donors (Lipinski definition) is 1. The fourth-order valence-corrected chi connectivity index (χ4v) is 1.08. The molecule has 1 aromatic carbocycles. The molecule has 0 bridgehead atoms. The number of halogens is 2. The molecule has 0 spiro atoms.